The van der Waals surface area contributed by atoms with E-state index in [0.717, 1.165) is 27.8 Å². The molecule has 0 saturated heterocycles. The largest absolute Gasteiger partial charge is 0.493 e. The van der Waals surface area contributed by atoms with E-state index in [1.807, 2.05) is 75.4 Å². The molecule has 6 heteroatoms. The maximum absolute atomic E-state index is 14.0. The van der Waals surface area contributed by atoms with Crippen LogP contribution < -0.4 is 14.9 Å². The summed E-state index contributed by atoms with van der Waals surface area (Å²) in [4.78, 5) is 29.5. The van der Waals surface area contributed by atoms with Crippen molar-refractivity contribution in [2.45, 2.75) is 47.2 Å². The Balaban J connectivity index is 1.68. The summed E-state index contributed by atoms with van der Waals surface area (Å²) in [6.07, 6.45) is 0. The van der Waals surface area contributed by atoms with E-state index in [4.69, 9.17) is 13.9 Å². The molecule has 1 aliphatic rings. The van der Waals surface area contributed by atoms with Crippen LogP contribution >= 0.6 is 0 Å². The molecule has 0 fully saturated rings. The summed E-state index contributed by atoms with van der Waals surface area (Å²) in [6.45, 7) is 11.0. The summed E-state index contributed by atoms with van der Waals surface area (Å²) in [5.41, 5.74) is 5.45. The van der Waals surface area contributed by atoms with Crippen molar-refractivity contribution in [3.05, 3.63) is 104 Å². The smallest absolute Gasteiger partial charge is 0.291 e. The Hall–Kier alpha value is -4.06. The summed E-state index contributed by atoms with van der Waals surface area (Å²) in [7, 11) is 1.59. The maximum atomic E-state index is 14.0. The second-order valence-electron chi connectivity index (χ2n) is 10.5. The van der Waals surface area contributed by atoms with Crippen LogP contribution in [0.25, 0.3) is 11.0 Å². The van der Waals surface area contributed by atoms with Crippen molar-refractivity contribution < 1.29 is 18.7 Å². The maximum Gasteiger partial charge on any atom is 0.291 e. The second-order valence-corrected chi connectivity index (χ2v) is 10.5. The summed E-state index contributed by atoms with van der Waals surface area (Å²) >= 11 is 0. The minimum absolute atomic E-state index is 0.0990. The Morgan fingerprint density at radius 3 is 2.32 bits per heavy atom. The lowest BCUT2D eigenvalue weighted by Crippen LogP contribution is -2.29. The van der Waals surface area contributed by atoms with Crippen molar-refractivity contribution in [3.8, 4) is 11.5 Å². The molecule has 4 aromatic rings. The van der Waals surface area contributed by atoms with Gasteiger partial charge in [0.2, 0.25) is 5.76 Å². The van der Waals surface area contributed by atoms with E-state index in [-0.39, 0.29) is 17.1 Å². The Morgan fingerprint density at radius 2 is 1.63 bits per heavy atom. The summed E-state index contributed by atoms with van der Waals surface area (Å²) in [5, 5.41) is 0.477. The molecule has 38 heavy (non-hydrogen) atoms. The van der Waals surface area contributed by atoms with Crippen molar-refractivity contribution in [1.29, 1.82) is 0 Å². The first kappa shape index (κ1) is 25.6. The zero-order valence-corrected chi connectivity index (χ0v) is 22.8. The molecule has 0 radical (unpaired) electrons. The highest BCUT2D eigenvalue weighted by Gasteiger charge is 2.43. The van der Waals surface area contributed by atoms with E-state index in [1.165, 1.54) is 0 Å². The molecule has 0 aliphatic carbocycles. The number of amides is 1. The van der Waals surface area contributed by atoms with Gasteiger partial charge in [-0.05, 0) is 73.2 Å². The number of benzene rings is 3. The Morgan fingerprint density at radius 1 is 0.921 bits per heavy atom. The predicted octanol–water partition coefficient (Wildman–Crippen LogP) is 6.51. The SMILES string of the molecule is COc1cc(C2c3c(oc4cc(C)c(C)cc4c3=O)C(=O)N2Cc2ccc(C)cc2)ccc1OCC(C)C. The predicted molar refractivity (Wildman–Crippen MR) is 148 cm³/mol. The molecule has 0 bridgehead atoms. The van der Waals surface area contributed by atoms with Crippen LogP contribution in [0.5, 0.6) is 11.5 Å². The van der Waals surface area contributed by atoms with E-state index < -0.39 is 6.04 Å². The molecule has 6 nitrogen and oxygen atoms in total. The molecular weight excluding hydrogens is 478 g/mol. The molecule has 1 aromatic heterocycles. The second kappa shape index (κ2) is 10.0. The summed E-state index contributed by atoms with van der Waals surface area (Å²) in [6, 6.07) is 16.7. The summed E-state index contributed by atoms with van der Waals surface area (Å²) < 4.78 is 17.8. The highest BCUT2D eigenvalue weighted by Crippen LogP contribution is 2.42. The van der Waals surface area contributed by atoms with Gasteiger partial charge < -0.3 is 18.8 Å². The van der Waals surface area contributed by atoms with Crippen LogP contribution in [0.15, 0.2) is 63.8 Å². The fraction of sp³-hybridized carbons (Fsp3) is 0.312. The minimum Gasteiger partial charge on any atom is -0.493 e. The molecule has 196 valence electrons. The van der Waals surface area contributed by atoms with Gasteiger partial charge in [-0.25, -0.2) is 0 Å². The Kier molecular flexibility index (Phi) is 6.74. The van der Waals surface area contributed by atoms with Crippen molar-refractivity contribution in [3.63, 3.8) is 0 Å². The molecule has 0 N–H and O–H groups in total. The van der Waals surface area contributed by atoms with Gasteiger partial charge in [0.25, 0.3) is 5.91 Å². The fourth-order valence-corrected chi connectivity index (χ4v) is 4.91. The normalized spacial score (nSPS) is 14.9. The molecule has 2 heterocycles. The van der Waals surface area contributed by atoms with Gasteiger partial charge in [0.1, 0.15) is 5.58 Å². The number of aryl methyl sites for hydroxylation is 3. The van der Waals surface area contributed by atoms with E-state index in [2.05, 4.69) is 13.8 Å². The number of carbonyl (C=O) groups is 1. The lowest BCUT2D eigenvalue weighted by molar-refractivity contribution is 0.0714. The fourth-order valence-electron chi connectivity index (χ4n) is 4.91. The molecule has 1 aliphatic heterocycles. The third-order valence-corrected chi connectivity index (χ3v) is 7.13. The monoisotopic (exact) mass is 511 g/mol. The highest BCUT2D eigenvalue weighted by atomic mass is 16.5. The van der Waals surface area contributed by atoms with Gasteiger partial charge in [-0.1, -0.05) is 49.7 Å². The summed E-state index contributed by atoms with van der Waals surface area (Å²) in [5.74, 6) is 1.32. The van der Waals surface area contributed by atoms with Crippen LogP contribution in [0, 0.1) is 26.7 Å². The number of hydrogen-bond acceptors (Lipinski definition) is 5. The Labute approximate surface area is 222 Å². The number of ether oxygens (including phenoxy) is 2. The van der Waals surface area contributed by atoms with Gasteiger partial charge in [-0.2, -0.15) is 0 Å². The van der Waals surface area contributed by atoms with Gasteiger partial charge >= 0.3 is 0 Å². The first-order chi connectivity index (χ1) is 18.2. The van der Waals surface area contributed by atoms with E-state index in [1.54, 1.807) is 12.0 Å². The number of hydrogen-bond donors (Lipinski definition) is 0. The van der Waals surface area contributed by atoms with Crippen molar-refractivity contribution >= 4 is 16.9 Å². The van der Waals surface area contributed by atoms with Crippen LogP contribution in [0.2, 0.25) is 0 Å². The molecular formula is C32H33NO5. The van der Waals surface area contributed by atoms with Gasteiger partial charge in [0.15, 0.2) is 16.9 Å². The molecule has 1 unspecified atom stereocenters. The zero-order chi connectivity index (χ0) is 27.1. The lowest BCUT2D eigenvalue weighted by Gasteiger charge is -2.26. The quantitative estimate of drug-likeness (QED) is 0.283. The molecule has 0 spiro atoms. The van der Waals surface area contributed by atoms with Crippen LogP contribution in [-0.4, -0.2) is 24.5 Å². The molecule has 1 amide bonds. The van der Waals surface area contributed by atoms with Crippen LogP contribution in [0.3, 0.4) is 0 Å². The van der Waals surface area contributed by atoms with Crippen molar-refractivity contribution in [2.75, 3.05) is 13.7 Å². The Bertz CT molecular complexity index is 1580. The molecule has 3 aromatic carbocycles. The lowest BCUT2D eigenvalue weighted by atomic mass is 9.97. The van der Waals surface area contributed by atoms with Crippen LogP contribution in [-0.2, 0) is 6.54 Å². The van der Waals surface area contributed by atoms with E-state index in [9.17, 15) is 9.59 Å². The highest BCUT2D eigenvalue weighted by molar-refractivity contribution is 5.99. The van der Waals surface area contributed by atoms with Crippen molar-refractivity contribution in [1.82, 2.24) is 4.90 Å². The van der Waals surface area contributed by atoms with Gasteiger partial charge in [0.05, 0.1) is 30.7 Å². The first-order valence-corrected chi connectivity index (χ1v) is 12.9. The molecule has 1 atom stereocenters. The third kappa shape index (κ3) is 4.55. The third-order valence-electron chi connectivity index (χ3n) is 7.13. The van der Waals surface area contributed by atoms with E-state index >= 15 is 0 Å². The average molecular weight is 512 g/mol. The van der Waals surface area contributed by atoms with Gasteiger partial charge in [0, 0.05) is 6.54 Å². The zero-order valence-electron chi connectivity index (χ0n) is 22.8. The van der Waals surface area contributed by atoms with Crippen LogP contribution in [0.4, 0.5) is 0 Å². The number of rotatable bonds is 7. The number of fused-ring (bicyclic) bond motifs is 2. The molecule has 5 rings (SSSR count). The minimum atomic E-state index is -0.630. The van der Waals surface area contributed by atoms with Gasteiger partial charge in [-0.15, -0.1) is 0 Å². The van der Waals surface area contributed by atoms with E-state index in [0.29, 0.717) is 47.1 Å². The number of nitrogens with zero attached hydrogens (tertiary/aromatic N) is 1. The standard InChI is InChI=1S/C32H33NO5/c1-18(2)17-37-25-12-11-23(15-27(25)36-6)29-28-30(34)24-13-20(4)21(5)14-26(24)38-31(28)32(35)33(29)16-22-9-7-19(3)8-10-22/h7-15,18,29H,16-17H2,1-6H3. The topological polar surface area (TPSA) is 69.0 Å². The molecule has 0 saturated carbocycles. The average Bonchev–Trinajstić information content (AvgIpc) is 3.16. The van der Waals surface area contributed by atoms with Gasteiger partial charge in [-0.3, -0.25) is 9.59 Å². The van der Waals surface area contributed by atoms with Crippen molar-refractivity contribution in [2.24, 2.45) is 5.92 Å². The number of methoxy groups -OCH3 is 1. The van der Waals surface area contributed by atoms with Crippen LogP contribution in [0.1, 0.15) is 63.8 Å². The first-order valence-electron chi connectivity index (χ1n) is 12.9. The number of carbonyl (C=O) groups excluding carboxylic acids is 1.